The van der Waals surface area contributed by atoms with Gasteiger partial charge in [0.05, 0.1) is 17.5 Å². The molecule has 42 heavy (non-hydrogen) atoms. The third-order valence-corrected chi connectivity index (χ3v) is 8.51. The van der Waals surface area contributed by atoms with Crippen molar-refractivity contribution in [2.75, 3.05) is 11.9 Å². The zero-order valence-corrected chi connectivity index (χ0v) is 22.3. The van der Waals surface area contributed by atoms with Gasteiger partial charge in [0.1, 0.15) is 23.3 Å². The summed E-state index contributed by atoms with van der Waals surface area (Å²) in [6, 6.07) is 25.4. The first kappa shape index (κ1) is 25.4. The molecular formula is C34H24N4O4. The molecule has 7 rings (SSSR count). The Kier molecular flexibility index (Phi) is 5.94. The van der Waals surface area contributed by atoms with E-state index in [9.17, 15) is 14.4 Å². The lowest BCUT2D eigenvalue weighted by Gasteiger charge is -2.38. The first-order valence-electron chi connectivity index (χ1n) is 13.6. The number of para-hydroxylation sites is 2. The van der Waals surface area contributed by atoms with E-state index in [-0.39, 0.29) is 35.4 Å². The first-order chi connectivity index (χ1) is 20.6. The zero-order chi connectivity index (χ0) is 28.8. The minimum absolute atomic E-state index is 0.233. The number of nitrogens with zero attached hydrogens (tertiary/aromatic N) is 3. The van der Waals surface area contributed by atoms with E-state index in [1.807, 2.05) is 71.8 Å². The fourth-order valence-electron chi connectivity index (χ4n) is 6.92. The van der Waals surface area contributed by atoms with Crippen molar-refractivity contribution in [2.45, 2.75) is 17.5 Å². The number of hydrogen-bond donors (Lipinski definition) is 1. The Balaban J connectivity index is 1.52. The topological polar surface area (TPSA) is 112 Å². The van der Waals surface area contributed by atoms with Crippen LogP contribution in [0.3, 0.4) is 0 Å². The van der Waals surface area contributed by atoms with Gasteiger partial charge >= 0.3 is 0 Å². The van der Waals surface area contributed by atoms with Crippen molar-refractivity contribution in [3.63, 3.8) is 0 Å². The van der Waals surface area contributed by atoms with Gasteiger partial charge < -0.3 is 15.0 Å². The number of hydrogen-bond acceptors (Lipinski definition) is 7. The molecule has 1 aromatic heterocycles. The van der Waals surface area contributed by atoms with E-state index >= 15 is 0 Å². The highest BCUT2D eigenvalue weighted by molar-refractivity contribution is 6.17. The summed E-state index contributed by atoms with van der Waals surface area (Å²) in [6.45, 7) is -0.244. The fraction of sp³-hybridized carbons (Fsp3) is 0.147. The SMILES string of the molecule is N#CCOc1ccccc1C(=O)[C@@H]1[C@H](C(=O)c2cccnc2)[C@]2(C(=O)Nc3ccccc32)[C@@H]2c3ccccc3C=CN12. The Labute approximate surface area is 241 Å². The number of benzene rings is 3. The molecule has 1 spiro atoms. The van der Waals surface area contributed by atoms with Crippen molar-refractivity contribution in [1.29, 1.82) is 5.26 Å². The van der Waals surface area contributed by atoms with Crippen LogP contribution in [0.5, 0.6) is 5.75 Å². The molecule has 3 aliphatic heterocycles. The van der Waals surface area contributed by atoms with E-state index in [4.69, 9.17) is 10.00 Å². The quantitative estimate of drug-likeness (QED) is 0.336. The Bertz CT molecular complexity index is 1830. The summed E-state index contributed by atoms with van der Waals surface area (Å²) in [5, 5.41) is 12.2. The number of aromatic nitrogens is 1. The molecule has 3 aromatic carbocycles. The van der Waals surface area contributed by atoms with Crippen LogP contribution >= 0.6 is 0 Å². The molecule has 0 aliphatic carbocycles. The van der Waals surface area contributed by atoms with E-state index in [0.29, 0.717) is 16.8 Å². The highest BCUT2D eigenvalue weighted by Gasteiger charge is 2.70. The molecule has 4 atom stereocenters. The van der Waals surface area contributed by atoms with E-state index in [1.54, 1.807) is 42.6 Å². The van der Waals surface area contributed by atoms with Crippen LogP contribution in [0.4, 0.5) is 5.69 Å². The summed E-state index contributed by atoms with van der Waals surface area (Å²) in [5.41, 5.74) is 2.15. The smallest absolute Gasteiger partial charge is 0.238 e. The number of ether oxygens (including phenoxy) is 1. The van der Waals surface area contributed by atoms with E-state index in [2.05, 4.69) is 10.3 Å². The molecule has 1 N–H and O–H groups in total. The standard InChI is InChI=1S/C34H24N4O4/c35-16-19-42-27-14-6-3-11-24(27)31(40)29-28(30(39)22-9-7-17-36-20-22)34(25-12-4-5-13-26(25)37-33(34)41)32-23-10-2-1-8-21(23)15-18-38(29)32/h1-15,17-18,20,28-29,32H,19H2,(H,37,41)/t28-,29+,32+,34+/m1/s1. The monoisotopic (exact) mass is 552 g/mol. The lowest BCUT2D eigenvalue weighted by molar-refractivity contribution is -0.122. The molecular weight excluding hydrogens is 528 g/mol. The summed E-state index contributed by atoms with van der Waals surface area (Å²) in [7, 11) is 0. The van der Waals surface area contributed by atoms with Gasteiger partial charge in [-0.15, -0.1) is 0 Å². The second-order valence-corrected chi connectivity index (χ2v) is 10.5. The Morgan fingerprint density at radius 1 is 0.976 bits per heavy atom. The number of nitrogens with one attached hydrogen (secondary N) is 1. The van der Waals surface area contributed by atoms with Gasteiger partial charge in [0.15, 0.2) is 18.2 Å². The second-order valence-electron chi connectivity index (χ2n) is 10.5. The highest BCUT2D eigenvalue weighted by atomic mass is 16.5. The number of anilines is 1. The number of nitriles is 1. The molecule has 1 amide bonds. The first-order valence-corrected chi connectivity index (χ1v) is 13.6. The predicted molar refractivity (Wildman–Crippen MR) is 155 cm³/mol. The fourth-order valence-corrected chi connectivity index (χ4v) is 6.92. The van der Waals surface area contributed by atoms with Gasteiger partial charge in [-0.2, -0.15) is 5.26 Å². The third kappa shape index (κ3) is 3.53. The number of pyridine rings is 1. The Morgan fingerprint density at radius 2 is 1.76 bits per heavy atom. The molecule has 1 fully saturated rings. The molecule has 0 unspecified atom stereocenters. The third-order valence-electron chi connectivity index (χ3n) is 8.51. The van der Waals surface area contributed by atoms with Crippen LogP contribution in [0.1, 0.15) is 43.4 Å². The van der Waals surface area contributed by atoms with Crippen molar-refractivity contribution in [1.82, 2.24) is 9.88 Å². The van der Waals surface area contributed by atoms with Gasteiger partial charge in [0.2, 0.25) is 5.91 Å². The van der Waals surface area contributed by atoms with Crippen molar-refractivity contribution >= 4 is 29.2 Å². The predicted octanol–water partition coefficient (Wildman–Crippen LogP) is 4.97. The van der Waals surface area contributed by atoms with Gasteiger partial charge in [-0.25, -0.2) is 0 Å². The van der Waals surface area contributed by atoms with Crippen molar-refractivity contribution in [3.8, 4) is 11.8 Å². The van der Waals surface area contributed by atoms with Gasteiger partial charge in [0.25, 0.3) is 0 Å². The molecule has 0 radical (unpaired) electrons. The van der Waals surface area contributed by atoms with Crippen LogP contribution in [0, 0.1) is 17.2 Å². The summed E-state index contributed by atoms with van der Waals surface area (Å²) < 4.78 is 5.64. The second kappa shape index (κ2) is 9.82. The molecule has 4 heterocycles. The van der Waals surface area contributed by atoms with Gasteiger partial charge in [-0.3, -0.25) is 19.4 Å². The van der Waals surface area contributed by atoms with Gasteiger partial charge in [0, 0.05) is 29.8 Å². The number of Topliss-reactive ketones (excluding diaryl/α,β-unsaturated/α-hetero) is 2. The number of rotatable bonds is 6. The minimum atomic E-state index is -1.44. The molecule has 1 saturated heterocycles. The van der Waals surface area contributed by atoms with Crippen molar-refractivity contribution in [3.05, 3.63) is 131 Å². The molecule has 204 valence electrons. The van der Waals surface area contributed by atoms with Crippen LogP contribution < -0.4 is 10.1 Å². The largest absolute Gasteiger partial charge is 0.478 e. The summed E-state index contributed by atoms with van der Waals surface area (Å²) in [6.07, 6.45) is 6.78. The minimum Gasteiger partial charge on any atom is -0.478 e. The van der Waals surface area contributed by atoms with Crippen LogP contribution in [0.15, 0.2) is 104 Å². The summed E-state index contributed by atoms with van der Waals surface area (Å²) >= 11 is 0. The van der Waals surface area contributed by atoms with E-state index < -0.39 is 23.4 Å². The van der Waals surface area contributed by atoms with Crippen LogP contribution in [0.25, 0.3) is 6.08 Å². The number of fused-ring (bicyclic) bond motifs is 6. The number of carbonyl (C=O) groups is 3. The Morgan fingerprint density at radius 3 is 2.60 bits per heavy atom. The Hall–Kier alpha value is -5.55. The van der Waals surface area contributed by atoms with Crippen LogP contribution in [-0.2, 0) is 10.2 Å². The normalized spacial score (nSPS) is 23.0. The van der Waals surface area contributed by atoms with Gasteiger partial charge in [-0.1, -0.05) is 54.6 Å². The van der Waals surface area contributed by atoms with E-state index in [0.717, 1.165) is 11.1 Å². The molecule has 3 aliphatic rings. The van der Waals surface area contributed by atoms with Crippen LogP contribution in [-0.4, -0.2) is 40.0 Å². The molecule has 0 saturated carbocycles. The number of amides is 1. The number of carbonyl (C=O) groups excluding carboxylic acids is 3. The molecule has 8 nitrogen and oxygen atoms in total. The summed E-state index contributed by atoms with van der Waals surface area (Å²) in [5.74, 6) is -1.96. The highest BCUT2D eigenvalue weighted by Crippen LogP contribution is 2.62. The average molecular weight is 553 g/mol. The van der Waals surface area contributed by atoms with Crippen molar-refractivity contribution in [2.24, 2.45) is 5.92 Å². The van der Waals surface area contributed by atoms with E-state index in [1.165, 1.54) is 6.20 Å². The lowest BCUT2D eigenvalue weighted by atomic mass is 9.62. The average Bonchev–Trinajstić information content (AvgIpc) is 3.52. The maximum atomic E-state index is 14.8. The summed E-state index contributed by atoms with van der Waals surface area (Å²) in [4.78, 5) is 50.0. The lowest BCUT2D eigenvalue weighted by Crippen LogP contribution is -2.49. The maximum Gasteiger partial charge on any atom is 0.238 e. The zero-order valence-electron chi connectivity index (χ0n) is 22.3. The van der Waals surface area contributed by atoms with Gasteiger partial charge in [-0.05, 0) is 53.1 Å². The maximum absolute atomic E-state index is 14.8. The van der Waals surface area contributed by atoms with Crippen molar-refractivity contribution < 1.29 is 19.1 Å². The number of ketones is 2. The molecule has 4 aromatic rings. The molecule has 8 heteroatoms. The molecule has 0 bridgehead atoms. The van der Waals surface area contributed by atoms with Crippen LogP contribution in [0.2, 0.25) is 0 Å².